The van der Waals surface area contributed by atoms with Crippen molar-refractivity contribution in [1.82, 2.24) is 4.98 Å². The molecule has 0 unspecified atom stereocenters. The number of pyridine rings is 1. The molecule has 0 radical (unpaired) electrons. The van der Waals surface area contributed by atoms with E-state index in [0.717, 1.165) is 24.1 Å². The molecule has 0 bridgehead atoms. The van der Waals surface area contributed by atoms with Crippen LogP contribution in [0.15, 0.2) is 53.9 Å². The van der Waals surface area contributed by atoms with E-state index in [-0.39, 0.29) is 11.5 Å². The molecular weight excluding hydrogens is 276 g/mol. The summed E-state index contributed by atoms with van der Waals surface area (Å²) in [6.07, 6.45) is 5.25. The van der Waals surface area contributed by atoms with E-state index in [2.05, 4.69) is 15.5 Å². The maximum atomic E-state index is 8.85. The summed E-state index contributed by atoms with van der Waals surface area (Å²) < 4.78 is 0. The van der Waals surface area contributed by atoms with Crippen molar-refractivity contribution in [2.24, 2.45) is 10.8 Å². The number of hydrogen-bond donors (Lipinski definition) is 3. The fraction of sp³-hybridized carbons (Fsp3) is 0.125. The summed E-state index contributed by atoms with van der Waals surface area (Å²) in [4.78, 5) is 4.00. The Hall–Kier alpha value is -3.20. The summed E-state index contributed by atoms with van der Waals surface area (Å²) in [5.74, 6) is -0.357. The zero-order chi connectivity index (χ0) is 15.8. The lowest BCUT2D eigenvalue weighted by molar-refractivity contribution is 0.954. The molecule has 0 fully saturated rings. The van der Waals surface area contributed by atoms with Gasteiger partial charge in [-0.05, 0) is 42.2 Å². The molecular formula is C16H16N6. The zero-order valence-corrected chi connectivity index (χ0v) is 12.0. The Morgan fingerprint density at radius 3 is 2.64 bits per heavy atom. The highest BCUT2D eigenvalue weighted by atomic mass is 15.3. The van der Waals surface area contributed by atoms with Crippen molar-refractivity contribution in [3.63, 3.8) is 0 Å². The Balaban J connectivity index is 2.10. The molecule has 0 aliphatic heterocycles. The molecule has 110 valence electrons. The summed E-state index contributed by atoms with van der Waals surface area (Å²) in [7, 11) is 0. The highest BCUT2D eigenvalue weighted by Gasteiger charge is 2.04. The van der Waals surface area contributed by atoms with Crippen molar-refractivity contribution in [1.29, 1.82) is 10.7 Å². The minimum absolute atomic E-state index is 0.135. The molecule has 1 aromatic carbocycles. The smallest absolute Gasteiger partial charge is 0.201 e. The fourth-order valence-corrected chi connectivity index (χ4v) is 1.94. The molecule has 2 rings (SSSR count). The Morgan fingerprint density at radius 2 is 1.95 bits per heavy atom. The number of benzene rings is 1. The van der Waals surface area contributed by atoms with Gasteiger partial charge >= 0.3 is 0 Å². The highest BCUT2D eigenvalue weighted by molar-refractivity contribution is 6.45. The van der Waals surface area contributed by atoms with E-state index in [1.165, 1.54) is 5.56 Å². The summed E-state index contributed by atoms with van der Waals surface area (Å²) in [6.45, 7) is 0. The topological polar surface area (TPSA) is 111 Å². The number of hydrogen-bond acceptors (Lipinski definition) is 5. The quantitative estimate of drug-likeness (QED) is 0.430. The van der Waals surface area contributed by atoms with Gasteiger partial charge < -0.3 is 5.73 Å². The van der Waals surface area contributed by atoms with Crippen molar-refractivity contribution in [3.05, 3.63) is 59.9 Å². The summed E-state index contributed by atoms with van der Waals surface area (Å²) in [5.41, 5.74) is 11.0. The number of hydrazone groups is 1. The first kappa shape index (κ1) is 15.2. The van der Waals surface area contributed by atoms with E-state index in [1.807, 2.05) is 36.4 Å². The maximum absolute atomic E-state index is 8.85. The van der Waals surface area contributed by atoms with E-state index in [4.69, 9.17) is 16.4 Å². The molecule has 0 saturated heterocycles. The normalized spacial score (nSPS) is 10.8. The molecule has 4 N–H and O–H groups in total. The van der Waals surface area contributed by atoms with Gasteiger partial charge in [-0.3, -0.25) is 15.8 Å². The van der Waals surface area contributed by atoms with E-state index >= 15 is 0 Å². The lowest BCUT2D eigenvalue weighted by atomic mass is 10.0. The van der Waals surface area contributed by atoms with Crippen LogP contribution in [0.5, 0.6) is 0 Å². The SMILES string of the molecule is N#C/C(=N\Nc1ccccc1CCc1ccncc1)C(=N)N. The molecule has 1 heterocycles. The lowest BCUT2D eigenvalue weighted by Crippen LogP contribution is -2.22. The number of nitrogens with two attached hydrogens (primary N) is 1. The molecule has 0 aliphatic carbocycles. The summed E-state index contributed by atoms with van der Waals surface area (Å²) >= 11 is 0. The van der Waals surface area contributed by atoms with Gasteiger partial charge in [-0.25, -0.2) is 0 Å². The van der Waals surface area contributed by atoms with Crippen LogP contribution in [-0.4, -0.2) is 16.5 Å². The number of nitriles is 1. The molecule has 0 spiro atoms. The average molecular weight is 292 g/mol. The number of amidine groups is 1. The zero-order valence-electron chi connectivity index (χ0n) is 12.0. The van der Waals surface area contributed by atoms with Crippen LogP contribution in [-0.2, 0) is 12.8 Å². The van der Waals surface area contributed by atoms with Gasteiger partial charge in [0.15, 0.2) is 5.84 Å². The minimum atomic E-state index is -0.357. The van der Waals surface area contributed by atoms with Crippen molar-refractivity contribution in [2.75, 3.05) is 5.43 Å². The number of para-hydroxylation sites is 1. The second-order valence-corrected chi connectivity index (χ2v) is 4.61. The third-order valence-corrected chi connectivity index (χ3v) is 3.10. The number of aryl methyl sites for hydroxylation is 2. The van der Waals surface area contributed by atoms with Crippen molar-refractivity contribution in [3.8, 4) is 6.07 Å². The van der Waals surface area contributed by atoms with Gasteiger partial charge in [0.2, 0.25) is 5.71 Å². The van der Waals surface area contributed by atoms with Crippen molar-refractivity contribution >= 4 is 17.2 Å². The number of anilines is 1. The van der Waals surface area contributed by atoms with Crippen LogP contribution in [0.4, 0.5) is 5.69 Å². The van der Waals surface area contributed by atoms with Gasteiger partial charge in [-0.15, -0.1) is 0 Å². The maximum Gasteiger partial charge on any atom is 0.201 e. The second-order valence-electron chi connectivity index (χ2n) is 4.61. The summed E-state index contributed by atoms with van der Waals surface area (Å²) in [5, 5.41) is 20.0. The molecule has 0 aliphatic rings. The van der Waals surface area contributed by atoms with E-state index in [9.17, 15) is 0 Å². The Bertz CT molecular complexity index is 715. The van der Waals surface area contributed by atoms with Crippen LogP contribution in [0.25, 0.3) is 0 Å². The predicted octanol–water partition coefficient (Wildman–Crippen LogP) is 2.09. The largest absolute Gasteiger partial charge is 0.382 e. The Kier molecular flexibility index (Phi) is 5.21. The van der Waals surface area contributed by atoms with E-state index in [0.29, 0.717) is 0 Å². The predicted molar refractivity (Wildman–Crippen MR) is 86.7 cm³/mol. The van der Waals surface area contributed by atoms with Gasteiger partial charge in [-0.2, -0.15) is 10.4 Å². The lowest BCUT2D eigenvalue weighted by Gasteiger charge is -2.09. The number of rotatable bonds is 6. The van der Waals surface area contributed by atoms with Crippen LogP contribution in [0.1, 0.15) is 11.1 Å². The van der Waals surface area contributed by atoms with Crippen LogP contribution >= 0.6 is 0 Å². The van der Waals surface area contributed by atoms with Gasteiger partial charge in [-0.1, -0.05) is 18.2 Å². The third-order valence-electron chi connectivity index (χ3n) is 3.10. The van der Waals surface area contributed by atoms with E-state index < -0.39 is 0 Å². The van der Waals surface area contributed by atoms with Gasteiger partial charge in [0.1, 0.15) is 6.07 Å². The van der Waals surface area contributed by atoms with Gasteiger partial charge in [0.05, 0.1) is 5.69 Å². The van der Waals surface area contributed by atoms with Gasteiger partial charge in [0.25, 0.3) is 0 Å². The first-order valence-corrected chi connectivity index (χ1v) is 6.75. The molecule has 0 atom stereocenters. The Morgan fingerprint density at radius 1 is 1.23 bits per heavy atom. The number of nitrogens with one attached hydrogen (secondary N) is 2. The first-order chi connectivity index (χ1) is 10.7. The average Bonchev–Trinajstić information content (AvgIpc) is 2.55. The number of nitrogens with zero attached hydrogens (tertiary/aromatic N) is 3. The van der Waals surface area contributed by atoms with Crippen molar-refractivity contribution in [2.45, 2.75) is 12.8 Å². The molecule has 6 nitrogen and oxygen atoms in total. The minimum Gasteiger partial charge on any atom is -0.382 e. The molecule has 1 aromatic heterocycles. The molecule has 6 heteroatoms. The van der Waals surface area contributed by atoms with Crippen LogP contribution in [0, 0.1) is 16.7 Å². The molecule has 2 aromatic rings. The van der Waals surface area contributed by atoms with Crippen LogP contribution in [0.3, 0.4) is 0 Å². The fourth-order valence-electron chi connectivity index (χ4n) is 1.94. The van der Waals surface area contributed by atoms with Crippen molar-refractivity contribution < 1.29 is 0 Å². The highest BCUT2D eigenvalue weighted by Crippen LogP contribution is 2.17. The molecule has 0 amide bonds. The second kappa shape index (κ2) is 7.55. The van der Waals surface area contributed by atoms with Crippen LogP contribution in [0.2, 0.25) is 0 Å². The molecule has 22 heavy (non-hydrogen) atoms. The summed E-state index contributed by atoms with van der Waals surface area (Å²) in [6, 6.07) is 13.5. The third kappa shape index (κ3) is 4.15. The van der Waals surface area contributed by atoms with Gasteiger partial charge in [0, 0.05) is 12.4 Å². The first-order valence-electron chi connectivity index (χ1n) is 6.75. The Labute approximate surface area is 128 Å². The standard InChI is InChI=1S/C16H16N6/c17-11-15(16(18)19)22-21-14-4-2-1-3-13(14)6-5-12-7-9-20-10-8-12/h1-4,7-10,21H,5-6H2,(H3,18,19)/b22-15+. The van der Waals surface area contributed by atoms with E-state index in [1.54, 1.807) is 18.5 Å². The monoisotopic (exact) mass is 292 g/mol. The number of aromatic nitrogens is 1. The molecule has 0 saturated carbocycles. The van der Waals surface area contributed by atoms with Crippen LogP contribution < -0.4 is 11.2 Å².